The van der Waals surface area contributed by atoms with Crippen molar-refractivity contribution in [2.24, 2.45) is 16.2 Å². The van der Waals surface area contributed by atoms with Gasteiger partial charge in [0.15, 0.2) is 0 Å². The Morgan fingerprint density at radius 3 is 0.636 bits per heavy atom. The summed E-state index contributed by atoms with van der Waals surface area (Å²) in [6.45, 7) is 97.3. The van der Waals surface area contributed by atoms with Crippen LogP contribution in [0.25, 0.3) is 0 Å². The van der Waals surface area contributed by atoms with Crippen LogP contribution < -0.4 is 0 Å². The van der Waals surface area contributed by atoms with E-state index in [9.17, 15) is 0 Å². The summed E-state index contributed by atoms with van der Waals surface area (Å²) in [4.78, 5) is 37.7. The van der Waals surface area contributed by atoms with Gasteiger partial charge in [-0.2, -0.15) is 0 Å². The first-order valence-corrected chi connectivity index (χ1v) is 48.2. The lowest BCUT2D eigenvalue weighted by Crippen LogP contribution is -2.58. The number of hydrogen-bond donors (Lipinski definition) is 0. The minimum Gasteiger partial charge on any atom is -0.301 e. The third-order valence-electron chi connectivity index (χ3n) is 32.1. The fourth-order valence-electron chi connectivity index (χ4n) is 24.7. The van der Waals surface area contributed by atoms with Crippen molar-refractivity contribution in [3.05, 3.63) is 0 Å². The van der Waals surface area contributed by atoms with Crippen LogP contribution in [0.5, 0.6) is 0 Å². The Kier molecular flexibility index (Phi) is 36.3. The summed E-state index contributed by atoms with van der Waals surface area (Å²) in [5.41, 5.74) is 4.11. The van der Waals surface area contributed by atoms with Crippen molar-refractivity contribution in [3.63, 3.8) is 0 Å². The molecule has 14 saturated heterocycles. The topological polar surface area (TPSA) is 45.4 Å². The average Bonchev–Trinajstić information content (AvgIpc) is 1.60. The summed E-state index contributed by atoms with van der Waals surface area (Å²) in [6, 6.07) is 10.2. The number of likely N-dealkylation sites (tertiary alicyclic amines) is 14. The highest BCUT2D eigenvalue weighted by Gasteiger charge is 2.51. The fraction of sp³-hybridized carbons (Fsp3) is 1.00. The van der Waals surface area contributed by atoms with E-state index in [-0.39, 0.29) is 0 Å². The van der Waals surface area contributed by atoms with Gasteiger partial charge >= 0.3 is 0 Å². The number of rotatable bonds is 14. The van der Waals surface area contributed by atoms with Crippen LogP contribution in [0.3, 0.4) is 0 Å². The quantitative estimate of drug-likeness (QED) is 0.166. The predicted octanol–water partition coefficient (Wildman–Crippen LogP) is 17.9. The second-order valence-electron chi connectivity index (χ2n) is 43.8. The van der Waals surface area contributed by atoms with Gasteiger partial charge in [0, 0.05) is 185 Å². The summed E-state index contributed by atoms with van der Waals surface area (Å²) in [6.07, 6.45) is 32.6. The Labute approximate surface area is 686 Å². The number of nitrogens with zero attached hydrogens (tertiary/aromatic N) is 14. The van der Waals surface area contributed by atoms with Gasteiger partial charge in [0.2, 0.25) is 0 Å². The van der Waals surface area contributed by atoms with Crippen LogP contribution in [-0.4, -0.2) is 332 Å². The molecule has 4 unspecified atom stereocenters. The smallest absolute Gasteiger partial charge is 0.0351 e. The van der Waals surface area contributed by atoms with Gasteiger partial charge in [0.25, 0.3) is 0 Å². The SMILES string of the molecule is CC(C)N1CCC2(CC1)CCN(C(C)C)C2.CC(C)N1CCC2(CCCCN2C(C)C)C1.CC(C)N1CCC2(CCCN2C(C)C)C1.CC(C)N1CCC2(CCCN2C(C)C)CC1.CC(C)N1CCC2(CCN(C(C)C)C2)C1.CC(C)N1CCCC2(CCCN2C(C)C)C1.CC(C)N1CCCC2(CCN(C(C)C)C2)C1. The van der Waals surface area contributed by atoms with E-state index in [1.54, 1.807) is 0 Å². The zero-order valence-corrected chi connectivity index (χ0v) is 79.1. The molecule has 7 spiro atoms. The van der Waals surface area contributed by atoms with E-state index in [4.69, 9.17) is 0 Å². The summed E-state index contributed by atoms with van der Waals surface area (Å²) in [5, 5.41) is 0. The minimum atomic E-state index is 0.524. The van der Waals surface area contributed by atoms with E-state index in [0.29, 0.717) is 50.5 Å². The highest BCUT2D eigenvalue weighted by molar-refractivity contribution is 5.08. The monoisotopic (exact) mass is 1540 g/mol. The maximum absolute atomic E-state index is 2.79. The largest absolute Gasteiger partial charge is 0.301 e. The zero-order valence-electron chi connectivity index (χ0n) is 79.1. The first kappa shape index (κ1) is 94.9. The molecule has 0 aliphatic carbocycles. The third kappa shape index (κ3) is 24.6. The number of hydrogen-bond acceptors (Lipinski definition) is 14. The van der Waals surface area contributed by atoms with Crippen molar-refractivity contribution in [3.8, 4) is 0 Å². The zero-order chi connectivity index (χ0) is 80.9. The molecule has 0 amide bonds. The molecule has 14 aliphatic rings. The fourth-order valence-corrected chi connectivity index (χ4v) is 24.7. The van der Waals surface area contributed by atoms with Crippen LogP contribution in [0, 0.1) is 16.2 Å². The predicted molar refractivity (Wildman–Crippen MR) is 479 cm³/mol. The molecule has 14 rings (SSSR count). The second kappa shape index (κ2) is 42.1. The molecule has 0 aromatic heterocycles. The van der Waals surface area contributed by atoms with Gasteiger partial charge in [0.05, 0.1) is 0 Å². The van der Waals surface area contributed by atoms with Gasteiger partial charge < -0.3 is 34.3 Å². The first-order valence-electron chi connectivity index (χ1n) is 48.2. The van der Waals surface area contributed by atoms with E-state index in [0.717, 1.165) is 72.5 Å². The molecule has 14 fully saturated rings. The Bertz CT molecular complexity index is 2560. The molecule has 0 bridgehead atoms. The van der Waals surface area contributed by atoms with E-state index in [1.807, 2.05) is 0 Å². The third-order valence-corrected chi connectivity index (χ3v) is 32.1. The summed E-state index contributed by atoms with van der Waals surface area (Å²) in [5.74, 6) is 0. The van der Waals surface area contributed by atoms with Crippen LogP contribution in [0.1, 0.15) is 342 Å². The summed E-state index contributed by atoms with van der Waals surface area (Å²) >= 11 is 0. The summed E-state index contributed by atoms with van der Waals surface area (Å²) in [7, 11) is 0. The molecule has 0 radical (unpaired) electrons. The molecule has 14 nitrogen and oxygen atoms in total. The molecular formula is C96H192N14. The highest BCUT2D eigenvalue weighted by Crippen LogP contribution is 2.47. The van der Waals surface area contributed by atoms with E-state index >= 15 is 0 Å². The molecule has 110 heavy (non-hydrogen) atoms. The van der Waals surface area contributed by atoms with E-state index in [1.165, 1.54) is 305 Å². The Morgan fingerprint density at radius 2 is 0.327 bits per heavy atom. The van der Waals surface area contributed by atoms with Gasteiger partial charge in [-0.15, -0.1) is 0 Å². The van der Waals surface area contributed by atoms with Crippen LogP contribution in [0.4, 0.5) is 0 Å². The molecule has 14 aliphatic heterocycles. The minimum absolute atomic E-state index is 0.524. The van der Waals surface area contributed by atoms with Crippen molar-refractivity contribution < 1.29 is 0 Å². The molecule has 646 valence electrons. The molecule has 14 heteroatoms. The molecule has 0 saturated carbocycles. The molecule has 4 atom stereocenters. The Hall–Kier alpha value is -0.560. The molecule has 14 heterocycles. The van der Waals surface area contributed by atoms with Crippen LogP contribution in [0.15, 0.2) is 0 Å². The normalized spacial score (nSPS) is 30.9. The van der Waals surface area contributed by atoms with Crippen LogP contribution >= 0.6 is 0 Å². The lowest BCUT2D eigenvalue weighted by Gasteiger charge is -2.49. The lowest BCUT2D eigenvalue weighted by molar-refractivity contribution is 0.0111. The highest BCUT2D eigenvalue weighted by atomic mass is 15.3. The second-order valence-corrected chi connectivity index (χ2v) is 43.8. The summed E-state index contributed by atoms with van der Waals surface area (Å²) < 4.78 is 0. The van der Waals surface area contributed by atoms with Crippen LogP contribution in [0.2, 0.25) is 0 Å². The first-order chi connectivity index (χ1) is 51.8. The van der Waals surface area contributed by atoms with Gasteiger partial charge in [-0.3, -0.25) is 34.3 Å². The van der Waals surface area contributed by atoms with Crippen molar-refractivity contribution in [1.82, 2.24) is 68.6 Å². The van der Waals surface area contributed by atoms with Crippen molar-refractivity contribution >= 4 is 0 Å². The maximum Gasteiger partial charge on any atom is 0.0351 e. The van der Waals surface area contributed by atoms with Crippen molar-refractivity contribution in [1.29, 1.82) is 0 Å². The van der Waals surface area contributed by atoms with Gasteiger partial charge in [-0.25, -0.2) is 0 Å². The maximum atomic E-state index is 2.79. The van der Waals surface area contributed by atoms with Crippen molar-refractivity contribution in [2.75, 3.05) is 157 Å². The molecular weight excluding hydrogens is 1350 g/mol. The van der Waals surface area contributed by atoms with Gasteiger partial charge in [-0.1, -0.05) is 6.42 Å². The van der Waals surface area contributed by atoms with Gasteiger partial charge in [0.1, 0.15) is 0 Å². The number of piperidine rings is 5. The average molecular weight is 1540 g/mol. The molecule has 0 aromatic carbocycles. The molecule has 0 aromatic rings. The van der Waals surface area contributed by atoms with Crippen molar-refractivity contribution in [2.45, 2.75) is 448 Å². The lowest BCUT2D eigenvalue weighted by atomic mass is 9.77. The van der Waals surface area contributed by atoms with E-state index in [2.05, 4.69) is 262 Å². The Balaban J connectivity index is 0.000000161. The van der Waals surface area contributed by atoms with Gasteiger partial charge in [-0.05, 0) is 430 Å². The van der Waals surface area contributed by atoms with Crippen LogP contribution in [-0.2, 0) is 0 Å². The Morgan fingerprint density at radius 1 is 0.136 bits per heavy atom. The standard InChI is InChI=1S/5C14H28N2.2C13H26N2/c1-12(2)15-8-5-14(6-9-15)7-10-16(11-14)13(3)4;1-12(2)15-9-5-7-14(11-15)8-6-10-16(14)13(3)4;1-12(2)15-10-7-14(8-11-15)6-5-9-16(14)13(3)4;1-12(2)15-8-5-6-14(10-15)7-9-16(11-14)13(3)4;1-12(2)15-10-8-14(11-15)7-5-6-9-16(14)13(3)4;1-11(2)14-7-5-13(9-14)6-8-15(10-13)12(3)4;1-11(2)14-9-7-13(10-14)6-5-8-15(13)12(3)4/h5*12-13H,5-11H2,1-4H3;2*11-12H,5-10H2,1-4H3. The van der Waals surface area contributed by atoms with E-state index < -0.39 is 0 Å². The molecule has 0 N–H and O–H groups in total.